The zero-order chi connectivity index (χ0) is 13.9. The second-order valence-electron chi connectivity index (χ2n) is 7.19. The maximum absolute atomic E-state index is 12.0. The Balaban J connectivity index is 2.57. The zero-order valence-corrected chi connectivity index (χ0v) is 13.1. The predicted molar refractivity (Wildman–Crippen MR) is 77.7 cm³/mol. The van der Waals surface area contributed by atoms with Crippen LogP contribution in [0.3, 0.4) is 0 Å². The van der Waals surface area contributed by atoms with Gasteiger partial charge in [-0.25, -0.2) is 0 Å². The van der Waals surface area contributed by atoms with E-state index in [9.17, 15) is 4.79 Å². The van der Waals surface area contributed by atoms with E-state index in [1.54, 1.807) is 0 Å². The van der Waals surface area contributed by atoms with Crippen LogP contribution >= 0.6 is 0 Å². The van der Waals surface area contributed by atoms with Gasteiger partial charge in [0, 0.05) is 24.9 Å². The van der Waals surface area contributed by atoms with E-state index in [4.69, 9.17) is 0 Å². The van der Waals surface area contributed by atoms with E-state index < -0.39 is 0 Å². The molecule has 0 aromatic rings. The molecule has 0 aromatic heterocycles. The van der Waals surface area contributed by atoms with Gasteiger partial charge in [0.15, 0.2) is 0 Å². The molecule has 1 saturated carbocycles. The van der Waals surface area contributed by atoms with Crippen molar-refractivity contribution in [3.63, 3.8) is 0 Å². The summed E-state index contributed by atoms with van der Waals surface area (Å²) in [5, 5.41) is 0. The van der Waals surface area contributed by atoms with Crippen LogP contribution in [-0.4, -0.2) is 30.3 Å². The number of hydrogen-bond acceptors (Lipinski definition) is 2. The summed E-state index contributed by atoms with van der Waals surface area (Å²) in [5.74, 6) is 1.54. The van der Waals surface area contributed by atoms with Gasteiger partial charge in [0.25, 0.3) is 0 Å². The third kappa shape index (κ3) is 4.08. The molecule has 0 saturated heterocycles. The SMILES string of the molecule is CCC1CCC(=O)C(CN(C)C(C)C(C)(C)C)C1. The molecule has 1 rings (SSSR count). The molecule has 1 aliphatic rings. The van der Waals surface area contributed by atoms with Crippen molar-refractivity contribution >= 4 is 5.78 Å². The van der Waals surface area contributed by atoms with Crippen LogP contribution in [0.4, 0.5) is 0 Å². The van der Waals surface area contributed by atoms with E-state index >= 15 is 0 Å². The van der Waals surface area contributed by atoms with Crippen molar-refractivity contribution in [2.24, 2.45) is 17.3 Å². The van der Waals surface area contributed by atoms with Crippen LogP contribution in [0.1, 0.15) is 60.3 Å². The molecule has 0 spiro atoms. The van der Waals surface area contributed by atoms with Gasteiger partial charge in [0.1, 0.15) is 5.78 Å². The highest BCUT2D eigenvalue weighted by Crippen LogP contribution is 2.31. The van der Waals surface area contributed by atoms with Gasteiger partial charge in [-0.15, -0.1) is 0 Å². The van der Waals surface area contributed by atoms with E-state index in [2.05, 4.69) is 46.6 Å². The molecule has 0 radical (unpaired) electrons. The lowest BCUT2D eigenvalue weighted by molar-refractivity contribution is -0.126. The van der Waals surface area contributed by atoms with Crippen LogP contribution in [0, 0.1) is 17.3 Å². The molecule has 1 aliphatic carbocycles. The van der Waals surface area contributed by atoms with Crippen LogP contribution < -0.4 is 0 Å². The van der Waals surface area contributed by atoms with Crippen molar-refractivity contribution in [1.29, 1.82) is 0 Å². The average Bonchev–Trinajstić information content (AvgIpc) is 2.29. The summed E-state index contributed by atoms with van der Waals surface area (Å²) >= 11 is 0. The van der Waals surface area contributed by atoms with Gasteiger partial charge in [-0.3, -0.25) is 4.79 Å². The Kier molecular flexibility index (Phi) is 5.39. The third-order valence-corrected chi connectivity index (χ3v) is 4.87. The number of rotatable bonds is 4. The Bertz CT molecular complexity index is 279. The lowest BCUT2D eigenvalue weighted by atomic mass is 9.78. The highest BCUT2D eigenvalue weighted by Gasteiger charge is 2.31. The average molecular weight is 253 g/mol. The summed E-state index contributed by atoms with van der Waals surface area (Å²) in [6, 6.07) is 0.507. The minimum absolute atomic E-state index is 0.274. The fraction of sp³-hybridized carbons (Fsp3) is 0.938. The van der Waals surface area contributed by atoms with Gasteiger partial charge in [-0.1, -0.05) is 34.1 Å². The molecule has 1 fully saturated rings. The van der Waals surface area contributed by atoms with E-state index in [-0.39, 0.29) is 11.3 Å². The number of nitrogens with zero attached hydrogens (tertiary/aromatic N) is 1. The van der Waals surface area contributed by atoms with E-state index in [0.29, 0.717) is 11.8 Å². The van der Waals surface area contributed by atoms with Gasteiger partial charge in [0.05, 0.1) is 0 Å². The summed E-state index contributed by atoms with van der Waals surface area (Å²) in [6.07, 6.45) is 4.25. The lowest BCUT2D eigenvalue weighted by Gasteiger charge is -2.38. The molecule has 0 amide bonds. The number of carbonyl (C=O) groups excluding carboxylic acids is 1. The Morgan fingerprint density at radius 1 is 1.39 bits per heavy atom. The van der Waals surface area contributed by atoms with E-state index in [1.807, 2.05) is 0 Å². The molecule has 3 unspecified atom stereocenters. The first kappa shape index (κ1) is 15.7. The summed E-state index contributed by atoms with van der Waals surface area (Å²) in [6.45, 7) is 12.3. The van der Waals surface area contributed by atoms with Crippen molar-refractivity contribution in [3.05, 3.63) is 0 Å². The molecule has 3 atom stereocenters. The molecule has 0 aromatic carbocycles. The maximum atomic E-state index is 12.0. The molecular weight excluding hydrogens is 222 g/mol. The number of ketones is 1. The molecule has 18 heavy (non-hydrogen) atoms. The third-order valence-electron chi connectivity index (χ3n) is 4.87. The Hall–Kier alpha value is -0.370. The minimum atomic E-state index is 0.274. The monoisotopic (exact) mass is 253 g/mol. The standard InChI is InChI=1S/C16H31NO/c1-7-13-8-9-15(18)14(10-13)11-17(6)12(2)16(3,4)5/h12-14H,7-11H2,1-6H3. The fourth-order valence-corrected chi connectivity index (χ4v) is 2.92. The Morgan fingerprint density at radius 2 is 2.00 bits per heavy atom. The molecule has 2 heteroatoms. The van der Waals surface area contributed by atoms with Gasteiger partial charge in [-0.05, 0) is 38.1 Å². The first-order chi connectivity index (χ1) is 8.25. The quantitative estimate of drug-likeness (QED) is 0.760. The van der Waals surface area contributed by atoms with Gasteiger partial charge >= 0.3 is 0 Å². The van der Waals surface area contributed by atoms with Crippen molar-refractivity contribution in [1.82, 2.24) is 4.90 Å². The molecule has 0 aliphatic heterocycles. The number of carbonyl (C=O) groups is 1. The summed E-state index contributed by atoms with van der Waals surface area (Å²) < 4.78 is 0. The van der Waals surface area contributed by atoms with Crippen molar-refractivity contribution in [2.75, 3.05) is 13.6 Å². The first-order valence-corrected chi connectivity index (χ1v) is 7.48. The molecular formula is C16H31NO. The summed E-state index contributed by atoms with van der Waals surface area (Å²) in [7, 11) is 2.17. The Labute approximate surface area is 113 Å². The molecule has 0 heterocycles. The molecule has 2 nitrogen and oxygen atoms in total. The predicted octanol–water partition coefficient (Wildman–Crippen LogP) is 3.75. The first-order valence-electron chi connectivity index (χ1n) is 7.48. The summed E-state index contributed by atoms with van der Waals surface area (Å²) in [5.41, 5.74) is 0.274. The van der Waals surface area contributed by atoms with Crippen molar-refractivity contribution in [2.45, 2.75) is 66.3 Å². The second kappa shape index (κ2) is 6.18. The highest BCUT2D eigenvalue weighted by atomic mass is 16.1. The van der Waals surface area contributed by atoms with Crippen molar-refractivity contribution < 1.29 is 4.79 Å². The minimum Gasteiger partial charge on any atom is -0.302 e. The van der Waals surface area contributed by atoms with Crippen molar-refractivity contribution in [3.8, 4) is 0 Å². The van der Waals surface area contributed by atoms with Crippen LogP contribution in [-0.2, 0) is 4.79 Å². The van der Waals surface area contributed by atoms with Gasteiger partial charge < -0.3 is 4.90 Å². The lowest BCUT2D eigenvalue weighted by Crippen LogP contribution is -2.44. The zero-order valence-electron chi connectivity index (χ0n) is 13.1. The smallest absolute Gasteiger partial charge is 0.137 e. The normalized spacial score (nSPS) is 27.6. The molecule has 0 N–H and O–H groups in total. The highest BCUT2D eigenvalue weighted by molar-refractivity contribution is 5.81. The van der Waals surface area contributed by atoms with Crippen LogP contribution in [0.5, 0.6) is 0 Å². The largest absolute Gasteiger partial charge is 0.302 e. The van der Waals surface area contributed by atoms with Crippen LogP contribution in [0.2, 0.25) is 0 Å². The number of Topliss-reactive ketones (excluding diaryl/α,β-unsaturated/α-hetero) is 1. The van der Waals surface area contributed by atoms with Gasteiger partial charge in [0.2, 0.25) is 0 Å². The Morgan fingerprint density at radius 3 is 2.50 bits per heavy atom. The summed E-state index contributed by atoms with van der Waals surface area (Å²) in [4.78, 5) is 14.4. The van der Waals surface area contributed by atoms with E-state index in [0.717, 1.165) is 31.7 Å². The van der Waals surface area contributed by atoms with Crippen LogP contribution in [0.15, 0.2) is 0 Å². The molecule has 0 bridgehead atoms. The van der Waals surface area contributed by atoms with Crippen LogP contribution in [0.25, 0.3) is 0 Å². The molecule has 106 valence electrons. The topological polar surface area (TPSA) is 20.3 Å². The maximum Gasteiger partial charge on any atom is 0.137 e. The van der Waals surface area contributed by atoms with E-state index in [1.165, 1.54) is 6.42 Å². The fourth-order valence-electron chi connectivity index (χ4n) is 2.92. The second-order valence-corrected chi connectivity index (χ2v) is 7.19. The number of hydrogen-bond donors (Lipinski definition) is 0. The van der Waals surface area contributed by atoms with Gasteiger partial charge in [-0.2, -0.15) is 0 Å².